The Balaban J connectivity index is 2.27. The minimum atomic E-state index is -4.52. The van der Waals surface area contributed by atoms with Crippen molar-refractivity contribution in [3.05, 3.63) is 53.3 Å². The lowest BCUT2D eigenvalue weighted by Crippen LogP contribution is -2.12. The van der Waals surface area contributed by atoms with Crippen LogP contribution in [0.4, 0.5) is 18.9 Å². The highest BCUT2D eigenvalue weighted by atomic mass is 32.2. The molecule has 1 N–H and O–H groups in total. The second-order valence-electron chi connectivity index (χ2n) is 5.14. The molecule has 4 nitrogen and oxygen atoms in total. The van der Waals surface area contributed by atoms with E-state index in [0.717, 1.165) is 12.5 Å². The maximum atomic E-state index is 13.0. The van der Waals surface area contributed by atoms with Crippen molar-refractivity contribution in [1.29, 1.82) is 0 Å². The molecule has 0 amide bonds. The van der Waals surface area contributed by atoms with Crippen LogP contribution in [0.2, 0.25) is 0 Å². The lowest BCUT2D eigenvalue weighted by Gasteiger charge is -2.15. The summed E-state index contributed by atoms with van der Waals surface area (Å²) < 4.78 is 61.9. The number of anilines is 1. The number of halogens is 3. The summed E-state index contributed by atoms with van der Waals surface area (Å²) in [7, 11) is -3.36. The summed E-state index contributed by atoms with van der Waals surface area (Å²) in [6, 6.07) is 7.38. The number of benzene rings is 1. The van der Waals surface area contributed by atoms with Gasteiger partial charge in [-0.05, 0) is 30.7 Å². The first kappa shape index (κ1) is 17.3. The van der Waals surface area contributed by atoms with E-state index in [4.69, 9.17) is 0 Å². The molecule has 2 rings (SSSR count). The van der Waals surface area contributed by atoms with Crippen molar-refractivity contribution in [2.75, 3.05) is 11.6 Å². The number of nitrogens with one attached hydrogen (secondary N) is 1. The minimum Gasteiger partial charge on any atom is -0.380 e. The molecule has 8 heteroatoms. The molecule has 0 atom stereocenters. The van der Waals surface area contributed by atoms with E-state index in [1.165, 1.54) is 18.2 Å². The third kappa shape index (κ3) is 4.44. The predicted octanol–water partition coefficient (Wildman–Crippen LogP) is 3.42. The van der Waals surface area contributed by atoms with Crippen LogP contribution in [0.15, 0.2) is 41.4 Å². The zero-order valence-electron chi connectivity index (χ0n) is 12.5. The first-order valence-corrected chi connectivity index (χ1v) is 8.53. The average molecular weight is 344 g/mol. The smallest absolute Gasteiger partial charge is 0.380 e. The van der Waals surface area contributed by atoms with Crippen LogP contribution < -0.4 is 5.32 Å². The van der Waals surface area contributed by atoms with Gasteiger partial charge in [0.25, 0.3) is 0 Å². The molecular weight excluding hydrogens is 329 g/mol. The van der Waals surface area contributed by atoms with E-state index in [1.54, 1.807) is 19.1 Å². The molecule has 0 aliphatic carbocycles. The fraction of sp³-hybridized carbons (Fsp3) is 0.267. The van der Waals surface area contributed by atoms with Gasteiger partial charge in [-0.3, -0.25) is 4.98 Å². The highest BCUT2D eigenvalue weighted by Gasteiger charge is 2.34. The number of nitrogens with zero attached hydrogens (tertiary/aromatic N) is 1. The summed E-state index contributed by atoms with van der Waals surface area (Å²) in [6.07, 6.45) is -2.66. The highest BCUT2D eigenvalue weighted by Crippen LogP contribution is 2.34. The monoisotopic (exact) mass is 344 g/mol. The molecular formula is C15H15F3N2O2S. The number of aromatic nitrogens is 1. The van der Waals surface area contributed by atoms with Crippen molar-refractivity contribution < 1.29 is 21.6 Å². The Morgan fingerprint density at radius 3 is 2.52 bits per heavy atom. The van der Waals surface area contributed by atoms with Gasteiger partial charge in [0, 0.05) is 24.7 Å². The number of pyridine rings is 1. The molecule has 0 saturated carbocycles. The van der Waals surface area contributed by atoms with E-state index in [1.807, 2.05) is 0 Å². The fourth-order valence-electron chi connectivity index (χ4n) is 2.02. The number of rotatable bonds is 4. The number of sulfone groups is 1. The standard InChI is InChI=1S/C15H15F3N2O2S/c1-10-6-14(13(9-19-10)15(16,17)18)20-8-11-4-3-5-12(7-11)23(2,21)22/h3-7,9H,8H2,1-2H3,(H,19,20). The number of aryl methyl sites for hydroxylation is 1. The van der Waals surface area contributed by atoms with Crippen LogP contribution in [0.25, 0.3) is 0 Å². The van der Waals surface area contributed by atoms with Gasteiger partial charge in [-0.25, -0.2) is 8.42 Å². The third-order valence-corrected chi connectivity index (χ3v) is 4.27. The molecule has 1 heterocycles. The van der Waals surface area contributed by atoms with Gasteiger partial charge < -0.3 is 5.32 Å². The summed E-state index contributed by atoms with van der Waals surface area (Å²) in [6.45, 7) is 1.66. The molecule has 0 saturated heterocycles. The van der Waals surface area contributed by atoms with Crippen molar-refractivity contribution in [2.45, 2.75) is 24.5 Å². The van der Waals surface area contributed by atoms with E-state index >= 15 is 0 Å². The molecule has 0 radical (unpaired) electrons. The minimum absolute atomic E-state index is 0.0654. The Kier molecular flexibility index (Phi) is 4.65. The van der Waals surface area contributed by atoms with Crippen LogP contribution in [-0.2, 0) is 22.6 Å². The van der Waals surface area contributed by atoms with Crippen LogP contribution in [0, 0.1) is 6.92 Å². The zero-order chi connectivity index (χ0) is 17.3. The predicted molar refractivity (Wildman–Crippen MR) is 80.9 cm³/mol. The van der Waals surface area contributed by atoms with Crippen LogP contribution in [0.1, 0.15) is 16.8 Å². The molecule has 0 spiro atoms. The highest BCUT2D eigenvalue weighted by molar-refractivity contribution is 7.90. The largest absolute Gasteiger partial charge is 0.419 e. The van der Waals surface area contributed by atoms with Gasteiger partial charge in [-0.15, -0.1) is 0 Å². The summed E-state index contributed by atoms with van der Waals surface area (Å²) in [4.78, 5) is 3.79. The van der Waals surface area contributed by atoms with Crippen LogP contribution in [0.5, 0.6) is 0 Å². The van der Waals surface area contributed by atoms with E-state index in [0.29, 0.717) is 11.3 Å². The zero-order valence-corrected chi connectivity index (χ0v) is 13.3. The molecule has 0 fully saturated rings. The maximum Gasteiger partial charge on any atom is 0.419 e. The molecule has 0 aliphatic rings. The topological polar surface area (TPSA) is 59.1 Å². The Morgan fingerprint density at radius 2 is 1.91 bits per heavy atom. The van der Waals surface area contributed by atoms with Crippen molar-refractivity contribution in [3.63, 3.8) is 0 Å². The Hall–Kier alpha value is -2.09. The Bertz CT molecular complexity index is 818. The molecule has 23 heavy (non-hydrogen) atoms. The van der Waals surface area contributed by atoms with E-state index in [2.05, 4.69) is 10.3 Å². The van der Waals surface area contributed by atoms with Gasteiger partial charge in [0.15, 0.2) is 9.84 Å². The van der Waals surface area contributed by atoms with Gasteiger partial charge in [-0.2, -0.15) is 13.2 Å². The summed E-state index contributed by atoms with van der Waals surface area (Å²) in [5.41, 5.74) is 0.0676. The van der Waals surface area contributed by atoms with Crippen LogP contribution in [0.3, 0.4) is 0 Å². The summed E-state index contributed by atoms with van der Waals surface area (Å²) in [5, 5.41) is 2.70. The molecule has 124 valence electrons. The summed E-state index contributed by atoms with van der Waals surface area (Å²) in [5.74, 6) is 0. The Morgan fingerprint density at radius 1 is 1.22 bits per heavy atom. The van der Waals surface area contributed by atoms with E-state index < -0.39 is 21.6 Å². The fourth-order valence-corrected chi connectivity index (χ4v) is 2.71. The molecule has 0 bridgehead atoms. The second-order valence-corrected chi connectivity index (χ2v) is 7.16. The SMILES string of the molecule is Cc1cc(NCc2cccc(S(C)(=O)=O)c2)c(C(F)(F)F)cn1. The molecule has 1 aromatic carbocycles. The van der Waals surface area contributed by atoms with E-state index in [9.17, 15) is 21.6 Å². The van der Waals surface area contributed by atoms with Gasteiger partial charge in [0.1, 0.15) is 0 Å². The van der Waals surface area contributed by atoms with Gasteiger partial charge in [0.2, 0.25) is 0 Å². The van der Waals surface area contributed by atoms with E-state index in [-0.39, 0.29) is 17.1 Å². The van der Waals surface area contributed by atoms with Crippen molar-refractivity contribution in [1.82, 2.24) is 4.98 Å². The molecule has 0 aliphatic heterocycles. The summed E-state index contributed by atoms with van der Waals surface area (Å²) >= 11 is 0. The van der Waals surface area contributed by atoms with Crippen molar-refractivity contribution in [3.8, 4) is 0 Å². The number of hydrogen-bond donors (Lipinski definition) is 1. The lowest BCUT2D eigenvalue weighted by molar-refractivity contribution is -0.137. The van der Waals surface area contributed by atoms with Crippen LogP contribution in [-0.4, -0.2) is 19.7 Å². The third-order valence-electron chi connectivity index (χ3n) is 3.16. The molecule has 0 unspecified atom stereocenters. The van der Waals surface area contributed by atoms with Gasteiger partial charge in [-0.1, -0.05) is 12.1 Å². The quantitative estimate of drug-likeness (QED) is 0.923. The lowest BCUT2D eigenvalue weighted by atomic mass is 10.1. The molecule has 2 aromatic rings. The number of hydrogen-bond acceptors (Lipinski definition) is 4. The maximum absolute atomic E-state index is 13.0. The first-order valence-electron chi connectivity index (χ1n) is 6.64. The molecule has 1 aromatic heterocycles. The normalized spacial score (nSPS) is 12.2. The van der Waals surface area contributed by atoms with Crippen molar-refractivity contribution >= 4 is 15.5 Å². The first-order chi connectivity index (χ1) is 10.6. The Labute approximate surface area is 132 Å². The van der Waals surface area contributed by atoms with Gasteiger partial charge >= 0.3 is 6.18 Å². The number of alkyl halides is 3. The van der Waals surface area contributed by atoms with Gasteiger partial charge in [0.05, 0.1) is 16.1 Å². The van der Waals surface area contributed by atoms with Crippen LogP contribution >= 0.6 is 0 Å². The van der Waals surface area contributed by atoms with Crippen molar-refractivity contribution in [2.24, 2.45) is 0 Å². The second kappa shape index (κ2) is 6.19. The average Bonchev–Trinajstić information content (AvgIpc) is 2.43.